The fourth-order valence-electron chi connectivity index (χ4n) is 0.901. The molecule has 0 amide bonds. The topological polar surface area (TPSA) is 63.6 Å². The Kier molecular flexibility index (Phi) is 7.70. The van der Waals surface area contributed by atoms with E-state index in [0.29, 0.717) is 6.61 Å². The highest BCUT2D eigenvalue weighted by Gasteiger charge is 2.19. The number of carbonyl (C=O) groups excluding carboxylic acids is 1. The zero-order chi connectivity index (χ0) is 11.0. The van der Waals surface area contributed by atoms with Crippen molar-refractivity contribution >= 4 is 17.0 Å². The van der Waals surface area contributed by atoms with Crippen molar-refractivity contribution < 1.29 is 18.3 Å². The Balaban J connectivity index is 3.49. The van der Waals surface area contributed by atoms with Crippen LogP contribution in [0.4, 0.5) is 0 Å². The highest BCUT2D eigenvalue weighted by atomic mass is 32.2. The number of ether oxygens (including phenoxy) is 1. The van der Waals surface area contributed by atoms with E-state index in [1.165, 1.54) is 6.92 Å². The minimum Gasteiger partial charge on any atom is -0.465 e. The molecule has 0 aliphatic rings. The molecule has 1 N–H and O–H groups in total. The smallest absolute Gasteiger partial charge is 0.323 e. The second kappa shape index (κ2) is 7.94. The zero-order valence-corrected chi connectivity index (χ0v) is 9.51. The predicted octanol–water partition coefficient (Wildman–Crippen LogP) is 1.72. The summed E-state index contributed by atoms with van der Waals surface area (Å²) in [6.07, 6.45) is 4.11. The van der Waals surface area contributed by atoms with Crippen molar-refractivity contribution in [2.45, 2.75) is 44.8 Å². The largest absolute Gasteiger partial charge is 0.465 e. The molecule has 0 aromatic heterocycles. The van der Waals surface area contributed by atoms with Crippen LogP contribution in [0.25, 0.3) is 0 Å². The van der Waals surface area contributed by atoms with E-state index < -0.39 is 22.3 Å². The quantitative estimate of drug-likeness (QED) is 0.405. The summed E-state index contributed by atoms with van der Waals surface area (Å²) in [6.45, 7) is 3.83. The highest BCUT2D eigenvalue weighted by molar-refractivity contribution is 7.80. The SMILES string of the molecule is CCCCCCOC(=O)C(C)S(=O)O. The van der Waals surface area contributed by atoms with Crippen molar-refractivity contribution in [3.05, 3.63) is 0 Å². The van der Waals surface area contributed by atoms with Gasteiger partial charge in [-0.1, -0.05) is 26.2 Å². The molecule has 0 saturated carbocycles. The van der Waals surface area contributed by atoms with Crippen LogP contribution in [0.2, 0.25) is 0 Å². The van der Waals surface area contributed by atoms with Crippen molar-refractivity contribution in [2.24, 2.45) is 0 Å². The van der Waals surface area contributed by atoms with E-state index in [-0.39, 0.29) is 0 Å². The van der Waals surface area contributed by atoms with Crippen LogP contribution in [0.3, 0.4) is 0 Å². The predicted molar refractivity (Wildman–Crippen MR) is 55.3 cm³/mol. The molecule has 0 rings (SSSR count). The van der Waals surface area contributed by atoms with Crippen LogP contribution in [0.5, 0.6) is 0 Å². The minimum atomic E-state index is -2.12. The van der Waals surface area contributed by atoms with E-state index in [4.69, 9.17) is 9.29 Å². The maximum atomic E-state index is 11.0. The lowest BCUT2D eigenvalue weighted by molar-refractivity contribution is -0.142. The first-order chi connectivity index (χ1) is 6.59. The molecule has 2 atom stereocenters. The average Bonchev–Trinajstić information content (AvgIpc) is 2.16. The first-order valence-electron chi connectivity index (χ1n) is 4.85. The Morgan fingerprint density at radius 2 is 2.07 bits per heavy atom. The summed E-state index contributed by atoms with van der Waals surface area (Å²) >= 11 is -2.12. The summed E-state index contributed by atoms with van der Waals surface area (Å²) in [6, 6.07) is 0. The molecule has 0 aliphatic carbocycles. The molecule has 0 fully saturated rings. The third-order valence-electron chi connectivity index (χ3n) is 1.88. The van der Waals surface area contributed by atoms with Gasteiger partial charge in [0.05, 0.1) is 6.61 Å². The Labute approximate surface area is 87.3 Å². The third-order valence-corrected chi connectivity index (χ3v) is 2.67. The number of unbranched alkanes of at least 4 members (excludes halogenated alkanes) is 3. The van der Waals surface area contributed by atoms with Crippen molar-refractivity contribution in [2.75, 3.05) is 6.61 Å². The van der Waals surface area contributed by atoms with Gasteiger partial charge in [-0.2, -0.15) is 0 Å². The van der Waals surface area contributed by atoms with E-state index >= 15 is 0 Å². The van der Waals surface area contributed by atoms with Crippen LogP contribution in [0.1, 0.15) is 39.5 Å². The maximum Gasteiger partial charge on any atom is 0.323 e. The molecule has 0 spiro atoms. The van der Waals surface area contributed by atoms with Gasteiger partial charge in [0.15, 0.2) is 16.3 Å². The number of rotatable bonds is 7. The maximum absolute atomic E-state index is 11.0. The standard InChI is InChI=1S/C9H18O4S/c1-3-4-5-6-7-13-9(10)8(2)14(11)12/h8H,3-7H2,1-2H3,(H,11,12). The lowest BCUT2D eigenvalue weighted by Crippen LogP contribution is -2.24. The van der Waals surface area contributed by atoms with Crippen molar-refractivity contribution in [1.82, 2.24) is 0 Å². The van der Waals surface area contributed by atoms with Crippen molar-refractivity contribution in [1.29, 1.82) is 0 Å². The van der Waals surface area contributed by atoms with Gasteiger partial charge >= 0.3 is 5.97 Å². The molecule has 14 heavy (non-hydrogen) atoms. The molecule has 0 aromatic rings. The molecular weight excluding hydrogens is 204 g/mol. The number of carbonyl (C=O) groups is 1. The van der Waals surface area contributed by atoms with Crippen LogP contribution >= 0.6 is 0 Å². The highest BCUT2D eigenvalue weighted by Crippen LogP contribution is 2.01. The van der Waals surface area contributed by atoms with Gasteiger partial charge in [-0.25, -0.2) is 4.21 Å². The van der Waals surface area contributed by atoms with Gasteiger partial charge in [0.1, 0.15) is 0 Å². The molecule has 2 unspecified atom stereocenters. The third kappa shape index (κ3) is 6.10. The lowest BCUT2D eigenvalue weighted by Gasteiger charge is -2.07. The summed E-state index contributed by atoms with van der Waals surface area (Å²) in [5.41, 5.74) is 0. The van der Waals surface area contributed by atoms with Crippen LogP contribution in [-0.2, 0) is 20.6 Å². The molecule has 4 nitrogen and oxygen atoms in total. The van der Waals surface area contributed by atoms with Gasteiger partial charge in [0.25, 0.3) is 0 Å². The summed E-state index contributed by atoms with van der Waals surface area (Å²) in [5, 5.41) is -0.943. The summed E-state index contributed by atoms with van der Waals surface area (Å²) in [4.78, 5) is 11.0. The number of esters is 1. The van der Waals surface area contributed by atoms with Gasteiger partial charge in [0, 0.05) is 0 Å². The van der Waals surface area contributed by atoms with E-state index in [9.17, 15) is 9.00 Å². The molecular formula is C9H18O4S. The second-order valence-electron chi connectivity index (χ2n) is 3.15. The van der Waals surface area contributed by atoms with Crippen LogP contribution in [0, 0.1) is 0 Å². The summed E-state index contributed by atoms with van der Waals surface area (Å²) in [7, 11) is 0. The van der Waals surface area contributed by atoms with Crippen LogP contribution < -0.4 is 0 Å². The van der Waals surface area contributed by atoms with Crippen molar-refractivity contribution in [3.63, 3.8) is 0 Å². The summed E-state index contributed by atoms with van der Waals surface area (Å²) < 4.78 is 23.9. The second-order valence-corrected chi connectivity index (χ2v) is 4.41. The normalized spacial score (nSPS) is 14.8. The van der Waals surface area contributed by atoms with E-state index in [1.807, 2.05) is 0 Å². The van der Waals surface area contributed by atoms with Gasteiger partial charge in [-0.05, 0) is 13.3 Å². The van der Waals surface area contributed by atoms with Gasteiger partial charge in [-0.15, -0.1) is 0 Å². The molecule has 0 aromatic carbocycles. The van der Waals surface area contributed by atoms with Crippen LogP contribution in [0.15, 0.2) is 0 Å². The van der Waals surface area contributed by atoms with Crippen molar-refractivity contribution in [3.8, 4) is 0 Å². The molecule has 0 aliphatic heterocycles. The van der Waals surface area contributed by atoms with E-state index in [2.05, 4.69) is 6.92 Å². The Bertz CT molecular complexity index is 193. The molecule has 0 heterocycles. The van der Waals surface area contributed by atoms with Crippen LogP contribution in [-0.4, -0.2) is 26.6 Å². The Morgan fingerprint density at radius 1 is 1.43 bits per heavy atom. The fraction of sp³-hybridized carbons (Fsp3) is 0.889. The molecule has 0 bridgehead atoms. The van der Waals surface area contributed by atoms with Gasteiger partial charge in [0.2, 0.25) is 0 Å². The van der Waals surface area contributed by atoms with Gasteiger partial charge < -0.3 is 9.29 Å². The average molecular weight is 222 g/mol. The number of hydrogen-bond donors (Lipinski definition) is 1. The lowest BCUT2D eigenvalue weighted by atomic mass is 10.2. The summed E-state index contributed by atoms with van der Waals surface area (Å²) in [5.74, 6) is -0.595. The van der Waals surface area contributed by atoms with E-state index in [0.717, 1.165) is 25.7 Å². The molecule has 84 valence electrons. The zero-order valence-electron chi connectivity index (χ0n) is 8.69. The minimum absolute atomic E-state index is 0.348. The molecule has 0 saturated heterocycles. The molecule has 5 heteroatoms. The fourth-order valence-corrected chi connectivity index (χ4v) is 1.13. The monoisotopic (exact) mass is 222 g/mol. The van der Waals surface area contributed by atoms with E-state index in [1.54, 1.807) is 0 Å². The number of hydrogen-bond acceptors (Lipinski definition) is 3. The van der Waals surface area contributed by atoms with Gasteiger partial charge in [-0.3, -0.25) is 4.79 Å². The Hall–Kier alpha value is -0.420. The molecule has 0 radical (unpaired) electrons. The first kappa shape index (κ1) is 13.6. The first-order valence-corrected chi connectivity index (χ1v) is 6.02. The Morgan fingerprint density at radius 3 is 2.57 bits per heavy atom.